The molecular formula is C10H5F5N2O2. The lowest BCUT2D eigenvalue weighted by atomic mass is 9.99. The van der Waals surface area contributed by atoms with E-state index in [1.54, 1.807) is 0 Å². The van der Waals surface area contributed by atoms with Gasteiger partial charge in [0.25, 0.3) is 6.43 Å². The van der Waals surface area contributed by atoms with E-state index in [0.717, 1.165) is 6.07 Å². The standard InChI is InChI=1S/C10H5F5N2O2/c11-9(12)6-3-17-8(10(13,14)15)5(2-16)4(6)1-7(18)19/h3,9H,1H2,(H,18,19). The van der Waals surface area contributed by atoms with Crippen molar-refractivity contribution in [3.63, 3.8) is 0 Å². The Morgan fingerprint density at radius 2 is 2.05 bits per heavy atom. The number of carboxylic acids is 1. The van der Waals surface area contributed by atoms with Crippen LogP contribution >= 0.6 is 0 Å². The van der Waals surface area contributed by atoms with Gasteiger partial charge in [0, 0.05) is 11.8 Å². The van der Waals surface area contributed by atoms with E-state index in [4.69, 9.17) is 10.4 Å². The summed E-state index contributed by atoms with van der Waals surface area (Å²) in [6.07, 6.45) is -9.13. The Kier molecular flexibility index (Phi) is 4.04. The molecule has 4 nitrogen and oxygen atoms in total. The number of alkyl halides is 5. The van der Waals surface area contributed by atoms with E-state index < -0.39 is 47.4 Å². The third-order valence-corrected chi connectivity index (χ3v) is 2.16. The van der Waals surface area contributed by atoms with Gasteiger partial charge >= 0.3 is 12.1 Å². The second-order valence-electron chi connectivity index (χ2n) is 3.40. The quantitative estimate of drug-likeness (QED) is 0.863. The zero-order chi connectivity index (χ0) is 14.8. The molecule has 102 valence electrons. The Labute approximate surface area is 103 Å². The van der Waals surface area contributed by atoms with Gasteiger partial charge in [-0.2, -0.15) is 18.4 Å². The Hall–Kier alpha value is -2.24. The van der Waals surface area contributed by atoms with Gasteiger partial charge in [-0.3, -0.25) is 4.79 Å². The third-order valence-electron chi connectivity index (χ3n) is 2.16. The van der Waals surface area contributed by atoms with Crippen molar-refractivity contribution in [2.75, 3.05) is 0 Å². The molecule has 9 heteroatoms. The molecule has 0 aromatic carbocycles. The highest BCUT2D eigenvalue weighted by atomic mass is 19.4. The van der Waals surface area contributed by atoms with Gasteiger partial charge in [0.2, 0.25) is 0 Å². The van der Waals surface area contributed by atoms with Crippen LogP contribution < -0.4 is 0 Å². The molecule has 0 saturated carbocycles. The molecule has 1 N–H and O–H groups in total. The first-order valence-corrected chi connectivity index (χ1v) is 4.67. The third kappa shape index (κ3) is 3.15. The molecule has 0 radical (unpaired) electrons. The molecule has 1 rings (SSSR count). The first-order chi connectivity index (χ1) is 8.68. The van der Waals surface area contributed by atoms with Gasteiger partial charge in [-0.15, -0.1) is 0 Å². The van der Waals surface area contributed by atoms with Crippen LogP contribution in [-0.2, 0) is 17.4 Å². The monoisotopic (exact) mass is 280 g/mol. The van der Waals surface area contributed by atoms with Gasteiger partial charge in [0.05, 0.1) is 12.0 Å². The number of carbonyl (C=O) groups is 1. The summed E-state index contributed by atoms with van der Waals surface area (Å²) in [5.74, 6) is -1.63. The van der Waals surface area contributed by atoms with E-state index >= 15 is 0 Å². The van der Waals surface area contributed by atoms with Gasteiger partial charge in [-0.1, -0.05) is 0 Å². The number of hydrogen-bond acceptors (Lipinski definition) is 3. The Balaban J connectivity index is 3.60. The van der Waals surface area contributed by atoms with E-state index in [-0.39, 0.29) is 6.20 Å². The average Bonchev–Trinajstić information content (AvgIpc) is 2.25. The second-order valence-corrected chi connectivity index (χ2v) is 3.40. The summed E-state index contributed by atoms with van der Waals surface area (Å²) < 4.78 is 62.8. The van der Waals surface area contributed by atoms with Crippen molar-refractivity contribution in [2.45, 2.75) is 19.0 Å². The molecule has 0 bridgehead atoms. The number of pyridine rings is 1. The lowest BCUT2D eigenvalue weighted by molar-refractivity contribution is -0.142. The number of carboxylic acid groups (broad SMARTS) is 1. The van der Waals surface area contributed by atoms with Crippen molar-refractivity contribution in [2.24, 2.45) is 0 Å². The van der Waals surface area contributed by atoms with Crippen LogP contribution in [-0.4, -0.2) is 16.1 Å². The highest BCUT2D eigenvalue weighted by Gasteiger charge is 2.38. The maximum absolute atomic E-state index is 12.6. The van der Waals surface area contributed by atoms with Crippen molar-refractivity contribution in [1.29, 1.82) is 5.26 Å². The summed E-state index contributed by atoms with van der Waals surface area (Å²) in [5.41, 5.74) is -4.72. The van der Waals surface area contributed by atoms with Gasteiger partial charge < -0.3 is 5.11 Å². The van der Waals surface area contributed by atoms with Crippen LogP contribution in [0, 0.1) is 11.3 Å². The largest absolute Gasteiger partial charge is 0.481 e. The summed E-state index contributed by atoms with van der Waals surface area (Å²) in [4.78, 5) is 13.3. The molecule has 0 aliphatic rings. The van der Waals surface area contributed by atoms with E-state index in [2.05, 4.69) is 4.98 Å². The maximum Gasteiger partial charge on any atom is 0.434 e. The van der Waals surface area contributed by atoms with Gasteiger partial charge in [-0.05, 0) is 5.56 Å². The zero-order valence-electron chi connectivity index (χ0n) is 9.00. The first-order valence-electron chi connectivity index (χ1n) is 4.67. The van der Waals surface area contributed by atoms with Gasteiger partial charge in [-0.25, -0.2) is 13.8 Å². The smallest absolute Gasteiger partial charge is 0.434 e. The zero-order valence-corrected chi connectivity index (χ0v) is 9.00. The molecule has 0 fully saturated rings. The van der Waals surface area contributed by atoms with Crippen LogP contribution in [0.5, 0.6) is 0 Å². The maximum atomic E-state index is 12.6. The summed E-state index contributed by atoms with van der Waals surface area (Å²) in [6, 6.07) is 1.09. The second kappa shape index (κ2) is 5.17. The SMILES string of the molecule is N#Cc1c(C(F)(F)F)ncc(C(F)F)c1CC(=O)O. The molecule has 1 aromatic heterocycles. The molecule has 0 spiro atoms. The number of rotatable bonds is 3. The molecule has 0 atom stereocenters. The minimum absolute atomic E-state index is 0.243. The molecular weight excluding hydrogens is 275 g/mol. The van der Waals surface area contributed by atoms with E-state index in [1.165, 1.54) is 0 Å². The minimum Gasteiger partial charge on any atom is -0.481 e. The Morgan fingerprint density at radius 3 is 2.42 bits per heavy atom. The fourth-order valence-corrected chi connectivity index (χ4v) is 1.43. The molecule has 1 aromatic rings. The van der Waals surface area contributed by atoms with Crippen LogP contribution in [0.15, 0.2) is 6.20 Å². The topological polar surface area (TPSA) is 74.0 Å². The summed E-state index contributed by atoms with van der Waals surface area (Å²) >= 11 is 0. The van der Waals surface area contributed by atoms with Crippen LogP contribution in [0.4, 0.5) is 22.0 Å². The normalized spacial score (nSPS) is 11.4. The number of aromatic nitrogens is 1. The van der Waals surface area contributed by atoms with Gasteiger partial charge in [0.1, 0.15) is 6.07 Å². The highest BCUT2D eigenvalue weighted by molar-refractivity contribution is 5.72. The molecule has 0 amide bonds. The lowest BCUT2D eigenvalue weighted by Gasteiger charge is -2.13. The summed E-state index contributed by atoms with van der Waals surface area (Å²) in [5, 5.41) is 17.2. The van der Waals surface area contributed by atoms with Gasteiger partial charge in [0.15, 0.2) is 5.69 Å². The average molecular weight is 280 g/mol. The van der Waals surface area contributed by atoms with Crippen LogP contribution in [0.3, 0.4) is 0 Å². The fourth-order valence-electron chi connectivity index (χ4n) is 1.43. The Bertz CT molecular complexity index is 548. The highest BCUT2D eigenvalue weighted by Crippen LogP contribution is 2.34. The summed E-state index contributed by atoms with van der Waals surface area (Å²) in [7, 11) is 0. The van der Waals surface area contributed by atoms with Crippen LogP contribution in [0.25, 0.3) is 0 Å². The number of aliphatic carboxylic acids is 1. The molecule has 0 saturated heterocycles. The molecule has 1 heterocycles. The number of halogens is 5. The first kappa shape index (κ1) is 14.8. The van der Waals surface area contributed by atoms with Crippen LogP contribution in [0.1, 0.15) is 28.8 Å². The molecule has 19 heavy (non-hydrogen) atoms. The molecule has 0 aliphatic heterocycles. The molecule has 0 aliphatic carbocycles. The Morgan fingerprint density at radius 1 is 1.47 bits per heavy atom. The van der Waals surface area contributed by atoms with Crippen LogP contribution in [0.2, 0.25) is 0 Å². The van der Waals surface area contributed by atoms with E-state index in [1.807, 2.05) is 0 Å². The van der Waals surface area contributed by atoms with Crippen molar-refractivity contribution >= 4 is 5.97 Å². The van der Waals surface area contributed by atoms with Crippen molar-refractivity contribution in [1.82, 2.24) is 4.98 Å². The summed E-state index contributed by atoms with van der Waals surface area (Å²) in [6.45, 7) is 0. The van der Waals surface area contributed by atoms with E-state index in [0.29, 0.717) is 0 Å². The number of hydrogen-bond donors (Lipinski definition) is 1. The van der Waals surface area contributed by atoms with Crippen molar-refractivity contribution in [3.8, 4) is 6.07 Å². The van der Waals surface area contributed by atoms with Crippen molar-refractivity contribution < 1.29 is 31.9 Å². The lowest BCUT2D eigenvalue weighted by Crippen LogP contribution is -2.16. The predicted molar refractivity (Wildman–Crippen MR) is 50.3 cm³/mol. The fraction of sp³-hybridized carbons (Fsp3) is 0.300. The molecule has 0 unspecified atom stereocenters. The minimum atomic E-state index is -5.03. The van der Waals surface area contributed by atoms with E-state index in [9.17, 15) is 26.7 Å². The number of nitrogens with zero attached hydrogens (tertiary/aromatic N) is 2. The predicted octanol–water partition coefficient (Wildman–Crippen LogP) is 2.54. The van der Waals surface area contributed by atoms with Crippen molar-refractivity contribution in [3.05, 3.63) is 28.6 Å². The number of nitriles is 1.